The number of hydrogen-bond donors (Lipinski definition) is 1. The lowest BCUT2D eigenvalue weighted by atomic mass is 10.1. The minimum absolute atomic E-state index is 0.242. The molecule has 1 aromatic rings. The van der Waals surface area contributed by atoms with Crippen molar-refractivity contribution in [3.8, 4) is 0 Å². The van der Waals surface area contributed by atoms with Crippen LogP contribution in [0.25, 0.3) is 0 Å². The zero-order valence-electron chi connectivity index (χ0n) is 12.5. The maximum atomic E-state index is 11.9. The van der Waals surface area contributed by atoms with Crippen molar-refractivity contribution >= 4 is 17.9 Å². The summed E-state index contributed by atoms with van der Waals surface area (Å²) in [5.41, 5.74) is 2.99. The summed E-state index contributed by atoms with van der Waals surface area (Å²) in [4.78, 5) is 24.8. The molecule has 114 valence electrons. The van der Waals surface area contributed by atoms with Crippen LogP contribution in [0.1, 0.15) is 18.1 Å². The topological polar surface area (TPSA) is 67.9 Å². The molecule has 2 amide bonds. The first kappa shape index (κ1) is 15.2. The van der Waals surface area contributed by atoms with Crippen molar-refractivity contribution in [1.29, 1.82) is 0 Å². The van der Waals surface area contributed by atoms with Crippen LogP contribution in [0.2, 0.25) is 0 Å². The van der Waals surface area contributed by atoms with E-state index in [4.69, 9.17) is 9.47 Å². The molecule has 0 spiro atoms. The summed E-state index contributed by atoms with van der Waals surface area (Å²) in [5, 5.41) is 2.58. The molecule has 1 atom stereocenters. The summed E-state index contributed by atoms with van der Waals surface area (Å²) in [5.74, 6) is 0. The maximum Gasteiger partial charge on any atom is 0.414 e. The lowest BCUT2D eigenvalue weighted by molar-refractivity contribution is 0.127. The second-order valence-electron chi connectivity index (χ2n) is 5.06. The van der Waals surface area contributed by atoms with Crippen molar-refractivity contribution in [2.75, 3.05) is 24.6 Å². The Morgan fingerprint density at radius 1 is 1.38 bits per heavy atom. The number of carbonyl (C=O) groups is 2. The average Bonchev–Trinajstić information content (AvgIpc) is 2.77. The molecule has 1 heterocycles. The lowest BCUT2D eigenvalue weighted by Gasteiger charge is -2.14. The predicted octanol–water partition coefficient (Wildman–Crippen LogP) is 2.37. The quantitative estimate of drug-likeness (QED) is 0.925. The highest BCUT2D eigenvalue weighted by Crippen LogP contribution is 2.23. The van der Waals surface area contributed by atoms with E-state index in [1.807, 2.05) is 32.0 Å². The van der Waals surface area contributed by atoms with Crippen LogP contribution in [0.5, 0.6) is 0 Å². The number of alkyl carbamates (subject to hydrolysis) is 1. The van der Waals surface area contributed by atoms with Crippen molar-refractivity contribution < 1.29 is 19.1 Å². The normalized spacial score (nSPS) is 17.6. The number of benzene rings is 1. The smallest absolute Gasteiger partial charge is 0.414 e. The van der Waals surface area contributed by atoms with Gasteiger partial charge in [-0.2, -0.15) is 0 Å². The van der Waals surface area contributed by atoms with E-state index in [0.29, 0.717) is 13.2 Å². The standard InChI is InChI=1S/C15H20N2O4/c1-4-20-14(18)16-8-13-9-17(15(19)21-13)12-6-10(2)5-11(3)7-12/h5-7,13H,4,8-9H2,1-3H3,(H,16,18). The number of amides is 2. The van der Waals surface area contributed by atoms with Crippen LogP contribution in [0.15, 0.2) is 18.2 Å². The van der Waals surface area contributed by atoms with Crippen LogP contribution in [-0.4, -0.2) is 38.0 Å². The number of nitrogens with zero attached hydrogens (tertiary/aromatic N) is 1. The molecule has 21 heavy (non-hydrogen) atoms. The molecule has 1 fully saturated rings. The third-order valence-corrected chi connectivity index (χ3v) is 3.14. The monoisotopic (exact) mass is 292 g/mol. The van der Waals surface area contributed by atoms with Gasteiger partial charge in [0, 0.05) is 5.69 Å². The molecular formula is C15H20N2O4. The Hall–Kier alpha value is -2.24. The Labute approximate surface area is 124 Å². The largest absolute Gasteiger partial charge is 0.450 e. The van der Waals surface area contributed by atoms with E-state index in [1.165, 1.54) is 0 Å². The van der Waals surface area contributed by atoms with Gasteiger partial charge in [0.15, 0.2) is 0 Å². The first-order valence-corrected chi connectivity index (χ1v) is 6.96. The Morgan fingerprint density at radius 2 is 2.05 bits per heavy atom. The van der Waals surface area contributed by atoms with Crippen LogP contribution in [0.3, 0.4) is 0 Å². The van der Waals surface area contributed by atoms with Crippen molar-refractivity contribution in [3.63, 3.8) is 0 Å². The summed E-state index contributed by atoms with van der Waals surface area (Å²) in [6.45, 7) is 6.66. The van der Waals surface area contributed by atoms with Crippen LogP contribution in [0.4, 0.5) is 15.3 Å². The number of cyclic esters (lactones) is 1. The van der Waals surface area contributed by atoms with E-state index in [2.05, 4.69) is 5.32 Å². The fourth-order valence-corrected chi connectivity index (χ4v) is 2.32. The molecule has 0 saturated carbocycles. The molecule has 0 aliphatic carbocycles. The molecule has 0 aromatic heterocycles. The van der Waals surface area contributed by atoms with Gasteiger partial charge in [0.25, 0.3) is 0 Å². The Kier molecular flexibility index (Phi) is 4.67. The SMILES string of the molecule is CCOC(=O)NCC1CN(c2cc(C)cc(C)c2)C(=O)O1. The van der Waals surface area contributed by atoms with E-state index in [-0.39, 0.29) is 12.6 Å². The van der Waals surface area contributed by atoms with Gasteiger partial charge in [0.2, 0.25) is 0 Å². The van der Waals surface area contributed by atoms with E-state index in [0.717, 1.165) is 16.8 Å². The minimum atomic E-state index is -0.501. The third-order valence-electron chi connectivity index (χ3n) is 3.14. The zero-order valence-corrected chi connectivity index (χ0v) is 12.5. The van der Waals surface area contributed by atoms with E-state index in [1.54, 1.807) is 11.8 Å². The molecule has 6 nitrogen and oxygen atoms in total. The summed E-state index contributed by atoms with van der Waals surface area (Å²) >= 11 is 0. The van der Waals surface area contributed by atoms with Gasteiger partial charge in [-0.15, -0.1) is 0 Å². The summed E-state index contributed by atoms with van der Waals surface area (Å²) in [6.07, 6.45) is -1.27. The van der Waals surface area contributed by atoms with Gasteiger partial charge < -0.3 is 14.8 Å². The fraction of sp³-hybridized carbons (Fsp3) is 0.467. The fourth-order valence-electron chi connectivity index (χ4n) is 2.32. The van der Waals surface area contributed by atoms with Crippen LogP contribution in [-0.2, 0) is 9.47 Å². The molecule has 1 N–H and O–H groups in total. The second kappa shape index (κ2) is 6.47. The summed E-state index contributed by atoms with van der Waals surface area (Å²) in [7, 11) is 0. The van der Waals surface area contributed by atoms with Crippen molar-refractivity contribution in [2.45, 2.75) is 26.9 Å². The number of ether oxygens (including phenoxy) is 2. The molecule has 0 bridgehead atoms. The number of carbonyl (C=O) groups excluding carboxylic acids is 2. The van der Waals surface area contributed by atoms with Crippen molar-refractivity contribution in [3.05, 3.63) is 29.3 Å². The number of anilines is 1. The van der Waals surface area contributed by atoms with Crippen molar-refractivity contribution in [1.82, 2.24) is 5.32 Å². The molecule has 1 aromatic carbocycles. The first-order valence-electron chi connectivity index (χ1n) is 6.96. The number of rotatable bonds is 4. The van der Waals surface area contributed by atoms with Gasteiger partial charge in [-0.25, -0.2) is 9.59 Å². The molecule has 2 rings (SSSR count). The van der Waals surface area contributed by atoms with Gasteiger partial charge in [0.1, 0.15) is 6.10 Å². The zero-order chi connectivity index (χ0) is 15.4. The average molecular weight is 292 g/mol. The number of nitrogens with one attached hydrogen (secondary N) is 1. The van der Waals surface area contributed by atoms with Gasteiger partial charge >= 0.3 is 12.2 Å². The molecule has 1 aliphatic heterocycles. The highest BCUT2D eigenvalue weighted by Gasteiger charge is 2.32. The molecule has 0 radical (unpaired) electrons. The van der Waals surface area contributed by atoms with Gasteiger partial charge in [-0.05, 0) is 44.0 Å². The van der Waals surface area contributed by atoms with Crippen LogP contribution < -0.4 is 10.2 Å². The second-order valence-corrected chi connectivity index (χ2v) is 5.06. The lowest BCUT2D eigenvalue weighted by Crippen LogP contribution is -2.35. The van der Waals surface area contributed by atoms with Crippen molar-refractivity contribution in [2.24, 2.45) is 0 Å². The number of aryl methyl sites for hydroxylation is 2. The highest BCUT2D eigenvalue weighted by molar-refractivity contribution is 5.90. The van der Waals surface area contributed by atoms with Crippen LogP contribution in [0, 0.1) is 13.8 Å². The summed E-state index contributed by atoms with van der Waals surface area (Å²) < 4.78 is 10.0. The Morgan fingerprint density at radius 3 is 2.67 bits per heavy atom. The van der Waals surface area contributed by atoms with Gasteiger partial charge in [-0.3, -0.25) is 4.90 Å². The van der Waals surface area contributed by atoms with E-state index >= 15 is 0 Å². The Balaban J connectivity index is 1.97. The molecule has 1 saturated heterocycles. The molecule has 1 unspecified atom stereocenters. The Bertz CT molecular complexity index is 524. The first-order chi connectivity index (χ1) is 9.99. The predicted molar refractivity (Wildman–Crippen MR) is 78.6 cm³/mol. The van der Waals surface area contributed by atoms with E-state index < -0.39 is 12.2 Å². The van der Waals surface area contributed by atoms with Crippen LogP contribution >= 0.6 is 0 Å². The maximum absolute atomic E-state index is 11.9. The molecule has 1 aliphatic rings. The summed E-state index contributed by atoms with van der Waals surface area (Å²) in [6, 6.07) is 5.93. The van der Waals surface area contributed by atoms with Gasteiger partial charge in [-0.1, -0.05) is 6.07 Å². The molecular weight excluding hydrogens is 272 g/mol. The minimum Gasteiger partial charge on any atom is -0.450 e. The van der Waals surface area contributed by atoms with E-state index in [9.17, 15) is 9.59 Å². The molecule has 6 heteroatoms. The third kappa shape index (κ3) is 3.87. The number of hydrogen-bond acceptors (Lipinski definition) is 4. The van der Waals surface area contributed by atoms with Gasteiger partial charge in [0.05, 0.1) is 19.7 Å². The highest BCUT2D eigenvalue weighted by atomic mass is 16.6.